The highest BCUT2D eigenvalue weighted by Crippen LogP contribution is 2.44. The third-order valence-electron chi connectivity index (χ3n) is 5.67. The van der Waals surface area contributed by atoms with E-state index in [1.807, 2.05) is 36.4 Å². The van der Waals surface area contributed by atoms with Gasteiger partial charge in [0.2, 0.25) is 6.29 Å². The van der Waals surface area contributed by atoms with Gasteiger partial charge in [0.15, 0.2) is 0 Å². The van der Waals surface area contributed by atoms with Crippen molar-refractivity contribution in [2.45, 2.75) is 50.9 Å². The number of esters is 1. The molecule has 0 spiro atoms. The molecule has 0 bridgehead atoms. The van der Waals surface area contributed by atoms with Gasteiger partial charge in [-0.3, -0.25) is 9.59 Å². The molecule has 0 saturated carbocycles. The number of rotatable bonds is 7. The first-order chi connectivity index (χ1) is 15.7. The van der Waals surface area contributed by atoms with Crippen LogP contribution in [0, 0.1) is 0 Å². The summed E-state index contributed by atoms with van der Waals surface area (Å²) in [7, 11) is 1.64. The van der Waals surface area contributed by atoms with Crippen molar-refractivity contribution in [2.24, 2.45) is 0 Å². The van der Waals surface area contributed by atoms with Crippen molar-refractivity contribution >= 4 is 41.2 Å². The van der Waals surface area contributed by atoms with Crippen LogP contribution in [0.5, 0.6) is 0 Å². The highest BCUT2D eigenvalue weighted by atomic mass is 35.5. The highest BCUT2D eigenvalue weighted by molar-refractivity contribution is 6.42. The smallest absolute Gasteiger partial charge is 0.413 e. The predicted octanol–water partition coefficient (Wildman–Crippen LogP) is 5.78. The lowest BCUT2D eigenvalue weighted by Gasteiger charge is -2.36. The van der Waals surface area contributed by atoms with Crippen molar-refractivity contribution in [1.82, 2.24) is 4.90 Å². The number of benzene rings is 2. The molecule has 0 fully saturated rings. The lowest BCUT2D eigenvalue weighted by molar-refractivity contribution is -0.167. The summed E-state index contributed by atoms with van der Waals surface area (Å²) in [5.41, 5.74) is 3.16. The van der Waals surface area contributed by atoms with Crippen LogP contribution in [0.4, 0.5) is 4.79 Å². The van der Waals surface area contributed by atoms with Gasteiger partial charge in [-0.15, -0.1) is 0 Å². The molecule has 0 heterocycles. The first kappa shape index (κ1) is 24.9. The van der Waals surface area contributed by atoms with Gasteiger partial charge >= 0.3 is 18.0 Å². The first-order valence-corrected chi connectivity index (χ1v) is 11.3. The van der Waals surface area contributed by atoms with Crippen LogP contribution in [0.25, 0.3) is 0 Å². The molecule has 1 unspecified atom stereocenters. The quantitative estimate of drug-likeness (QED) is 0.387. The molecule has 1 aliphatic rings. The number of nitrogens with zero attached hydrogens (tertiary/aromatic N) is 1. The number of carboxylic acid groups (broad SMARTS) is 1. The van der Waals surface area contributed by atoms with Crippen LogP contribution in [-0.2, 0) is 19.1 Å². The molecule has 1 aliphatic carbocycles. The second kappa shape index (κ2) is 10.9. The van der Waals surface area contributed by atoms with Gasteiger partial charge < -0.3 is 19.5 Å². The summed E-state index contributed by atoms with van der Waals surface area (Å²) in [6.45, 7) is 1.42. The van der Waals surface area contributed by atoms with Crippen molar-refractivity contribution < 1.29 is 29.0 Å². The maximum absolute atomic E-state index is 12.7. The Balaban J connectivity index is 1.70. The lowest BCUT2D eigenvalue weighted by atomic mass is 9.76. The van der Waals surface area contributed by atoms with Crippen LogP contribution < -0.4 is 0 Å². The van der Waals surface area contributed by atoms with E-state index in [2.05, 4.69) is 0 Å². The number of hydrogen-bond acceptors (Lipinski definition) is 5. The number of fused-ring (bicyclic) bond motifs is 1. The van der Waals surface area contributed by atoms with E-state index >= 15 is 0 Å². The lowest BCUT2D eigenvalue weighted by Crippen LogP contribution is -2.37. The number of carbonyl (C=O) groups excluding carboxylic acids is 2. The Labute approximate surface area is 202 Å². The number of carboxylic acids is 1. The summed E-state index contributed by atoms with van der Waals surface area (Å²) >= 11 is 12.3. The van der Waals surface area contributed by atoms with Gasteiger partial charge in [0, 0.05) is 19.9 Å². The minimum atomic E-state index is -1.14. The summed E-state index contributed by atoms with van der Waals surface area (Å²) in [6.07, 6.45) is -0.931. The zero-order chi connectivity index (χ0) is 24.1. The third-order valence-corrected chi connectivity index (χ3v) is 6.41. The average Bonchev–Trinajstić information content (AvgIpc) is 2.78. The SMILES string of the molecule is CC(OC(=O)CCC(=O)O)OC(=O)N(C)[C@H]1CC[C@@H](c2ccc(Cl)c(Cl)c2)c2ccccc21. The number of halogens is 2. The van der Waals surface area contributed by atoms with Crippen LogP contribution in [-0.4, -0.2) is 41.4 Å². The summed E-state index contributed by atoms with van der Waals surface area (Å²) in [6, 6.07) is 13.3. The van der Waals surface area contributed by atoms with Crippen molar-refractivity contribution in [1.29, 1.82) is 0 Å². The highest BCUT2D eigenvalue weighted by Gasteiger charge is 2.33. The van der Waals surface area contributed by atoms with Gasteiger partial charge in [-0.2, -0.15) is 0 Å². The number of aliphatic carboxylic acids is 1. The van der Waals surface area contributed by atoms with Crippen LogP contribution in [0.3, 0.4) is 0 Å². The van der Waals surface area contributed by atoms with E-state index in [9.17, 15) is 14.4 Å². The van der Waals surface area contributed by atoms with E-state index in [1.54, 1.807) is 13.1 Å². The molecule has 0 saturated heterocycles. The molecule has 3 atom stereocenters. The zero-order valence-corrected chi connectivity index (χ0v) is 19.8. The second-order valence-corrected chi connectivity index (χ2v) is 8.71. The fourth-order valence-corrected chi connectivity index (χ4v) is 4.38. The van der Waals surface area contributed by atoms with E-state index in [1.165, 1.54) is 11.8 Å². The molecule has 176 valence electrons. The Morgan fingerprint density at radius 2 is 1.73 bits per heavy atom. The molecule has 33 heavy (non-hydrogen) atoms. The fourth-order valence-electron chi connectivity index (χ4n) is 4.07. The zero-order valence-electron chi connectivity index (χ0n) is 18.3. The summed E-state index contributed by atoms with van der Waals surface area (Å²) in [4.78, 5) is 36.5. The standard InChI is InChI=1S/C24H25Cl2NO6/c1-14(32-23(30)12-11-22(28)29)33-24(31)27(2)21-10-8-16(17-5-3-4-6-18(17)21)15-7-9-19(25)20(26)13-15/h3-7,9,13-14,16,21H,8,10-12H2,1-2H3,(H,28,29)/t14?,16-,21-/m0/s1. The van der Waals surface area contributed by atoms with Crippen LogP contribution >= 0.6 is 23.2 Å². The molecule has 3 rings (SSSR count). The Morgan fingerprint density at radius 3 is 2.39 bits per heavy atom. The minimum absolute atomic E-state index is 0.116. The summed E-state index contributed by atoms with van der Waals surface area (Å²) in [5, 5.41) is 9.65. The average molecular weight is 494 g/mol. The number of hydrogen-bond donors (Lipinski definition) is 1. The van der Waals surface area contributed by atoms with Gasteiger partial charge in [0.1, 0.15) is 0 Å². The van der Waals surface area contributed by atoms with Gasteiger partial charge in [0.05, 0.1) is 28.9 Å². The predicted molar refractivity (Wildman–Crippen MR) is 123 cm³/mol. The van der Waals surface area contributed by atoms with E-state index in [0.717, 1.165) is 23.1 Å². The fraction of sp³-hybridized carbons (Fsp3) is 0.375. The molecule has 0 radical (unpaired) electrons. The third kappa shape index (κ3) is 6.18. The van der Waals surface area contributed by atoms with E-state index in [-0.39, 0.29) is 24.8 Å². The molecule has 0 aromatic heterocycles. The van der Waals surface area contributed by atoms with Crippen LogP contribution in [0.2, 0.25) is 10.0 Å². The summed E-state index contributed by atoms with van der Waals surface area (Å²) < 4.78 is 10.2. The molecule has 1 amide bonds. The minimum Gasteiger partial charge on any atom is -0.481 e. The van der Waals surface area contributed by atoms with Crippen molar-refractivity contribution in [3.05, 3.63) is 69.2 Å². The Morgan fingerprint density at radius 1 is 1.03 bits per heavy atom. The van der Waals surface area contributed by atoms with Gasteiger partial charge in [-0.25, -0.2) is 4.79 Å². The Kier molecular flexibility index (Phi) is 8.21. The van der Waals surface area contributed by atoms with Gasteiger partial charge in [0.25, 0.3) is 0 Å². The number of amides is 1. The molecule has 7 nitrogen and oxygen atoms in total. The molecule has 0 aliphatic heterocycles. The first-order valence-electron chi connectivity index (χ1n) is 10.6. The van der Waals surface area contributed by atoms with E-state index in [0.29, 0.717) is 16.5 Å². The maximum Gasteiger partial charge on any atom is 0.413 e. The molecule has 2 aromatic carbocycles. The van der Waals surface area contributed by atoms with Crippen molar-refractivity contribution in [3.8, 4) is 0 Å². The number of ether oxygens (including phenoxy) is 2. The molecular formula is C24H25Cl2NO6. The molecule has 1 N–H and O–H groups in total. The Hall–Kier alpha value is -2.77. The number of carbonyl (C=O) groups is 3. The normalized spacial score (nSPS) is 18.1. The van der Waals surface area contributed by atoms with Crippen LogP contribution in [0.1, 0.15) is 61.3 Å². The molecule has 9 heteroatoms. The second-order valence-electron chi connectivity index (χ2n) is 7.89. The van der Waals surface area contributed by atoms with Crippen molar-refractivity contribution in [2.75, 3.05) is 7.05 Å². The van der Waals surface area contributed by atoms with Crippen LogP contribution in [0.15, 0.2) is 42.5 Å². The van der Waals surface area contributed by atoms with Gasteiger partial charge in [-0.05, 0) is 41.7 Å². The topological polar surface area (TPSA) is 93.1 Å². The van der Waals surface area contributed by atoms with E-state index in [4.69, 9.17) is 37.8 Å². The van der Waals surface area contributed by atoms with Gasteiger partial charge in [-0.1, -0.05) is 53.5 Å². The van der Waals surface area contributed by atoms with E-state index < -0.39 is 24.3 Å². The molecular weight excluding hydrogens is 469 g/mol. The largest absolute Gasteiger partial charge is 0.481 e. The summed E-state index contributed by atoms with van der Waals surface area (Å²) in [5.74, 6) is -1.73. The Bertz CT molecular complexity index is 1040. The van der Waals surface area contributed by atoms with Crippen molar-refractivity contribution in [3.63, 3.8) is 0 Å². The maximum atomic E-state index is 12.7. The molecule has 2 aromatic rings. The monoisotopic (exact) mass is 493 g/mol.